The third kappa shape index (κ3) is 17.4. The van der Waals surface area contributed by atoms with Gasteiger partial charge in [0, 0.05) is 102 Å². The molecule has 0 unspecified atom stereocenters. The Labute approximate surface area is 889 Å². The van der Waals surface area contributed by atoms with Crippen molar-refractivity contribution in [1.82, 2.24) is 0 Å². The zero-order valence-corrected chi connectivity index (χ0v) is 95.6. The van der Waals surface area contributed by atoms with E-state index in [-0.39, 0.29) is 85.1 Å². The van der Waals surface area contributed by atoms with E-state index in [1.807, 2.05) is 0 Å². The zero-order valence-electron chi connectivity index (χ0n) is 95.6. The van der Waals surface area contributed by atoms with Crippen LogP contribution >= 0.6 is 0 Å². The van der Waals surface area contributed by atoms with E-state index in [1.54, 1.807) is 0 Å². The summed E-state index contributed by atoms with van der Waals surface area (Å²) in [6.45, 7) is 84.6. The highest BCUT2D eigenvalue weighted by Crippen LogP contribution is 2.57. The fourth-order valence-electron chi connectivity index (χ4n) is 23.9. The van der Waals surface area contributed by atoms with Crippen molar-refractivity contribution in [3.05, 3.63) is 358 Å². The molecule has 6 aliphatic heterocycles. The summed E-state index contributed by atoms with van der Waals surface area (Å²) in [5, 5.41) is 0. The number of nitrogens with zero attached hydrogens (tertiary/aromatic N) is 7. The molecule has 0 spiro atoms. The number of benzene rings is 15. The predicted octanol–water partition coefficient (Wildman–Crippen LogP) is 33.0. The second-order valence-electron chi connectivity index (χ2n) is 56.3. The van der Waals surface area contributed by atoms with Gasteiger partial charge in [-0.25, -0.2) is 0 Å². The van der Waals surface area contributed by atoms with E-state index in [1.165, 1.54) is 116 Å². The number of hydrogen-bond acceptors (Lipinski definition) is 7. The van der Waals surface area contributed by atoms with E-state index in [0.29, 0.717) is 0 Å². The van der Waals surface area contributed by atoms with Gasteiger partial charge in [-0.3, -0.25) is 0 Å². The van der Waals surface area contributed by atoms with Gasteiger partial charge in [0.1, 0.15) is 0 Å². The van der Waals surface area contributed by atoms with E-state index < -0.39 is 0 Å². The van der Waals surface area contributed by atoms with E-state index in [9.17, 15) is 0 Å². The van der Waals surface area contributed by atoms with Crippen molar-refractivity contribution in [3.8, 4) is 0 Å². The van der Waals surface area contributed by atoms with Gasteiger partial charge in [0.15, 0.2) is 0 Å². The Balaban J connectivity index is 0.992. The van der Waals surface area contributed by atoms with Crippen LogP contribution in [0.2, 0.25) is 0 Å². The van der Waals surface area contributed by atoms with Crippen LogP contribution in [0.15, 0.2) is 291 Å². The molecule has 0 aliphatic carbocycles. The molecule has 7 nitrogen and oxygen atoms in total. The molecule has 0 N–H and O–H groups in total. The van der Waals surface area contributed by atoms with Crippen molar-refractivity contribution in [2.75, 3.05) is 34.3 Å². The summed E-state index contributed by atoms with van der Waals surface area (Å²) in [4.78, 5) is 18.9. The third-order valence-electron chi connectivity index (χ3n) is 33.1. The van der Waals surface area contributed by atoms with Crippen molar-refractivity contribution in [3.63, 3.8) is 0 Å². The first-order valence-electron chi connectivity index (χ1n) is 54.6. The molecule has 0 fully saturated rings. The standard InChI is InChI=1S/C138H156B3N7/c1-127(2,3)85-37-55-97(56-38-85)143-112-67-49-91(133(19,20)21)73-106(112)139-107-74-92(134(22,23)24)50-68-113(107)144(98-57-39-86(40-58-98)128(4,5)6)119-80-103(79-118(143)124(119)139)142(104-81-120-125-121(82-104)146(100-61-43-88(44-62-100)130(10,11)12)115-70-52-94(136(28,29)30)76-109(115)140(125)108-75-93(135(25,26)27)51-69-114(108)145(120)99-59-41-87(42-60-99)129(7,8)9)105-83-122-126-123(84-105)148(102-65-47-90(48-66-102)132(16,17)18)117-72-54-96(138(34,35)36)78-111(117)141(126)110-77-95(137(31,32)33)53-71-116(110)147(122)101-63-45-89(46-64-101)131(13,14)15/h37-84H,1-36H3. The van der Waals surface area contributed by atoms with E-state index in [2.05, 4.69) is 575 Å². The molecule has 15 aromatic carbocycles. The van der Waals surface area contributed by atoms with Crippen molar-refractivity contribution in [2.45, 2.75) is 314 Å². The van der Waals surface area contributed by atoms with Crippen LogP contribution in [0.3, 0.4) is 0 Å². The van der Waals surface area contributed by atoms with Crippen LogP contribution in [0.25, 0.3) is 0 Å². The topological polar surface area (TPSA) is 22.7 Å². The SMILES string of the molecule is CC(C)(C)c1ccc(N2c3ccc(C(C)(C)C)cc3B3c4cc(C(C)(C)C)ccc4N(c4ccc(C(C)(C)C)cc4)c4cc(N(c5cc6c7c(c5)N(c5ccc(C(C)(C)C)cc5)c5ccc(C(C)(C)C)cc5B7c5cc(C(C)(C)C)ccc5N6c5ccc(C(C)(C)C)cc5)c5cc6c7c(c5)N(c5ccc(C(C)(C)C)cc5)c5ccc(C(C)(C)C)cc5B7c5cc(C(C)(C)C)ccc5N6c5ccc(C(C)(C)C)cc5)cc2c43)cc1. The van der Waals surface area contributed by atoms with Crippen LogP contribution in [0.1, 0.15) is 316 Å². The van der Waals surface area contributed by atoms with Crippen LogP contribution in [0.4, 0.5) is 119 Å². The number of anilines is 21. The summed E-state index contributed by atoms with van der Waals surface area (Å²) in [5.41, 5.74) is 48.4. The minimum atomic E-state index is -0.226. The lowest BCUT2D eigenvalue weighted by Gasteiger charge is -2.47. The van der Waals surface area contributed by atoms with Crippen LogP contribution in [-0.2, 0) is 65.0 Å². The lowest BCUT2D eigenvalue weighted by atomic mass is 9.33. The molecule has 6 heterocycles. The number of fused-ring (bicyclic) bond motifs is 12. The molecule has 0 saturated heterocycles. The summed E-state index contributed by atoms with van der Waals surface area (Å²) < 4.78 is 0. The quantitative estimate of drug-likeness (QED) is 0.133. The molecule has 10 heteroatoms. The van der Waals surface area contributed by atoms with Crippen molar-refractivity contribution in [1.29, 1.82) is 0 Å². The van der Waals surface area contributed by atoms with Gasteiger partial charge < -0.3 is 34.3 Å². The first-order chi connectivity index (χ1) is 69.0. The molecule has 6 aliphatic rings. The average Bonchev–Trinajstić information content (AvgIpc) is 0.678. The fourth-order valence-corrected chi connectivity index (χ4v) is 23.9. The molecule has 148 heavy (non-hydrogen) atoms. The van der Waals surface area contributed by atoms with Gasteiger partial charge >= 0.3 is 0 Å². The van der Waals surface area contributed by atoms with Gasteiger partial charge in [0.2, 0.25) is 0 Å². The van der Waals surface area contributed by atoms with Gasteiger partial charge in [-0.2, -0.15) is 0 Å². The molecule has 0 radical (unpaired) electrons. The minimum absolute atomic E-state index is 0.123. The second kappa shape index (κ2) is 34.3. The van der Waals surface area contributed by atoms with E-state index in [0.717, 1.165) is 119 Å². The minimum Gasteiger partial charge on any atom is -0.311 e. The monoisotopic (exact) mass is 1940 g/mol. The molecule has 0 atom stereocenters. The molecule has 15 aromatic rings. The Kier molecular flexibility index (Phi) is 23.4. The maximum Gasteiger partial charge on any atom is 0.252 e. The highest BCUT2D eigenvalue weighted by molar-refractivity contribution is 7.02. The first-order valence-corrected chi connectivity index (χ1v) is 54.6. The van der Waals surface area contributed by atoms with Crippen LogP contribution in [-0.4, -0.2) is 20.1 Å². The molecule has 0 saturated carbocycles. The van der Waals surface area contributed by atoms with Crippen LogP contribution in [0.5, 0.6) is 0 Å². The number of rotatable bonds is 9. The van der Waals surface area contributed by atoms with Crippen LogP contribution in [0, 0.1) is 0 Å². The Morgan fingerprint density at radius 2 is 0.250 bits per heavy atom. The van der Waals surface area contributed by atoms with Gasteiger partial charge in [0.25, 0.3) is 20.1 Å². The van der Waals surface area contributed by atoms with Gasteiger partial charge in [0.05, 0.1) is 17.1 Å². The van der Waals surface area contributed by atoms with E-state index in [4.69, 9.17) is 0 Å². The normalized spacial score (nSPS) is 14.6. The maximum atomic E-state index is 2.76. The number of hydrogen-bond donors (Lipinski definition) is 0. The predicted molar refractivity (Wildman–Crippen MR) is 648 cm³/mol. The molecule has 0 aromatic heterocycles. The molecule has 752 valence electrons. The lowest BCUT2D eigenvalue weighted by molar-refractivity contribution is 0.590. The molecular weight excluding hydrogens is 1790 g/mol. The van der Waals surface area contributed by atoms with Gasteiger partial charge in [-0.1, -0.05) is 395 Å². The van der Waals surface area contributed by atoms with Gasteiger partial charge in [-0.15, -0.1) is 0 Å². The Morgan fingerprint density at radius 3 is 0.365 bits per heavy atom. The molecule has 21 rings (SSSR count). The fraction of sp³-hybridized carbons (Fsp3) is 0.348. The van der Waals surface area contributed by atoms with E-state index >= 15 is 0 Å². The van der Waals surface area contributed by atoms with Crippen molar-refractivity contribution < 1.29 is 0 Å². The molecular formula is C138H156B3N7. The second-order valence-corrected chi connectivity index (χ2v) is 56.3. The van der Waals surface area contributed by atoms with Crippen molar-refractivity contribution >= 4 is 189 Å². The average molecular weight is 1950 g/mol. The summed E-state index contributed by atoms with van der Waals surface area (Å²) in [6.07, 6.45) is 0. The third-order valence-corrected chi connectivity index (χ3v) is 33.1. The lowest BCUT2D eigenvalue weighted by Crippen LogP contribution is -2.62. The maximum absolute atomic E-state index is 2.76. The Bertz CT molecular complexity index is 6630. The molecule has 0 amide bonds. The first kappa shape index (κ1) is 101. The smallest absolute Gasteiger partial charge is 0.252 e. The van der Waals surface area contributed by atoms with Crippen molar-refractivity contribution in [2.24, 2.45) is 0 Å². The molecule has 0 bridgehead atoms. The Morgan fingerprint density at radius 1 is 0.135 bits per heavy atom. The summed E-state index contributed by atoms with van der Waals surface area (Å²) in [5.74, 6) is 0. The summed E-state index contributed by atoms with van der Waals surface area (Å²) >= 11 is 0. The highest BCUT2D eigenvalue weighted by atomic mass is 15.2. The highest BCUT2D eigenvalue weighted by Gasteiger charge is 2.52. The summed E-state index contributed by atoms with van der Waals surface area (Å²) in [6, 6.07) is 119. The van der Waals surface area contributed by atoms with Gasteiger partial charge in [-0.05, 0) is 326 Å². The van der Waals surface area contributed by atoms with Crippen LogP contribution < -0.4 is 83.5 Å². The zero-order chi connectivity index (χ0) is 106. The Hall–Kier alpha value is -12.9. The summed E-state index contributed by atoms with van der Waals surface area (Å²) in [7, 11) is 0. The largest absolute Gasteiger partial charge is 0.311 e.